The van der Waals surface area contributed by atoms with Crippen LogP contribution in [-0.4, -0.2) is 50.6 Å². The maximum atomic E-state index is 12.9. The molecule has 2 fully saturated rings. The minimum absolute atomic E-state index is 0.0170. The van der Waals surface area contributed by atoms with E-state index in [-0.39, 0.29) is 23.8 Å². The quantitative estimate of drug-likeness (QED) is 0.816. The summed E-state index contributed by atoms with van der Waals surface area (Å²) in [5.41, 5.74) is 1.36. The number of pyridine rings is 1. The molecule has 4 rings (SSSR count). The Bertz CT molecular complexity index is 844. The summed E-state index contributed by atoms with van der Waals surface area (Å²) in [5.74, 6) is 1.03. The molecule has 0 aromatic carbocycles. The number of aromatic nitrogens is 3. The Morgan fingerprint density at radius 1 is 1.21 bits per heavy atom. The minimum atomic E-state index is -0.0466. The van der Waals surface area contributed by atoms with Gasteiger partial charge in [0.2, 0.25) is 5.91 Å². The van der Waals surface area contributed by atoms with E-state index < -0.39 is 0 Å². The Morgan fingerprint density at radius 2 is 2.03 bits per heavy atom. The normalized spacial score (nSPS) is 22.2. The van der Waals surface area contributed by atoms with Gasteiger partial charge in [-0.05, 0) is 30.4 Å². The number of carbonyl (C=O) groups is 2. The summed E-state index contributed by atoms with van der Waals surface area (Å²) >= 11 is 0. The van der Waals surface area contributed by atoms with E-state index in [4.69, 9.17) is 0 Å². The summed E-state index contributed by atoms with van der Waals surface area (Å²) in [4.78, 5) is 31.2. The van der Waals surface area contributed by atoms with Gasteiger partial charge >= 0.3 is 0 Å². The molecule has 7 heteroatoms. The van der Waals surface area contributed by atoms with Crippen LogP contribution in [0.25, 0.3) is 5.69 Å². The van der Waals surface area contributed by atoms with Crippen LogP contribution < -0.4 is 5.32 Å². The van der Waals surface area contributed by atoms with Gasteiger partial charge in [0.15, 0.2) is 0 Å². The number of nitrogens with one attached hydrogen (secondary N) is 1. The molecular weight excluding hydrogens is 366 g/mol. The maximum Gasteiger partial charge on any atom is 0.257 e. The zero-order valence-electron chi connectivity index (χ0n) is 17.0. The Labute approximate surface area is 171 Å². The molecule has 1 N–H and O–H groups in total. The van der Waals surface area contributed by atoms with Crippen LogP contribution in [0.5, 0.6) is 0 Å². The molecule has 0 radical (unpaired) electrons. The summed E-state index contributed by atoms with van der Waals surface area (Å²) in [6.45, 7) is 3.28. The van der Waals surface area contributed by atoms with Gasteiger partial charge in [-0.1, -0.05) is 32.6 Å². The van der Waals surface area contributed by atoms with Gasteiger partial charge in [0.25, 0.3) is 5.91 Å². The molecule has 1 aliphatic heterocycles. The molecule has 0 spiro atoms. The number of hydrogen-bond acceptors (Lipinski definition) is 4. The average molecular weight is 396 g/mol. The number of nitrogens with zero attached hydrogens (tertiary/aromatic N) is 4. The summed E-state index contributed by atoms with van der Waals surface area (Å²) in [6, 6.07) is 3.74. The zero-order chi connectivity index (χ0) is 20.2. The lowest BCUT2D eigenvalue weighted by atomic mass is 10.0. The fourth-order valence-electron chi connectivity index (χ4n) is 4.48. The van der Waals surface area contributed by atoms with Crippen molar-refractivity contribution in [3.05, 3.63) is 42.5 Å². The Kier molecular flexibility index (Phi) is 5.92. The van der Waals surface area contributed by atoms with Crippen LogP contribution in [0, 0.1) is 11.8 Å². The molecule has 0 bridgehead atoms. The van der Waals surface area contributed by atoms with Crippen molar-refractivity contribution in [1.82, 2.24) is 25.0 Å². The highest BCUT2D eigenvalue weighted by Crippen LogP contribution is 2.28. The van der Waals surface area contributed by atoms with E-state index in [0.717, 1.165) is 18.0 Å². The molecule has 1 saturated heterocycles. The first kappa shape index (κ1) is 19.6. The van der Waals surface area contributed by atoms with Gasteiger partial charge in [-0.3, -0.25) is 14.6 Å². The first-order valence-corrected chi connectivity index (χ1v) is 10.6. The third-order valence-corrected chi connectivity index (χ3v) is 6.24. The van der Waals surface area contributed by atoms with Gasteiger partial charge in [-0.15, -0.1) is 0 Å². The van der Waals surface area contributed by atoms with Gasteiger partial charge in [0.1, 0.15) is 0 Å². The van der Waals surface area contributed by atoms with Gasteiger partial charge in [-0.25, -0.2) is 4.68 Å². The molecule has 2 aromatic rings. The van der Waals surface area contributed by atoms with Gasteiger partial charge in [0.05, 0.1) is 29.7 Å². The Morgan fingerprint density at radius 3 is 2.79 bits per heavy atom. The largest absolute Gasteiger partial charge is 0.351 e. The molecule has 154 valence electrons. The lowest BCUT2D eigenvalue weighted by molar-refractivity contribution is -0.122. The second-order valence-electron chi connectivity index (χ2n) is 8.44. The topological polar surface area (TPSA) is 80.1 Å². The second kappa shape index (κ2) is 8.76. The first-order chi connectivity index (χ1) is 14.1. The van der Waals surface area contributed by atoms with Crippen LogP contribution in [-0.2, 0) is 4.79 Å². The summed E-state index contributed by atoms with van der Waals surface area (Å²) < 4.78 is 1.65. The highest BCUT2D eigenvalue weighted by atomic mass is 16.2. The molecule has 2 atom stereocenters. The predicted octanol–water partition coefficient (Wildman–Crippen LogP) is 2.81. The molecule has 2 unspecified atom stereocenters. The maximum absolute atomic E-state index is 12.9. The van der Waals surface area contributed by atoms with Crippen LogP contribution in [0.1, 0.15) is 55.8 Å². The van der Waals surface area contributed by atoms with Crippen molar-refractivity contribution in [2.45, 2.75) is 51.5 Å². The fourth-order valence-corrected chi connectivity index (χ4v) is 4.48. The molecule has 2 aromatic heterocycles. The number of amides is 2. The van der Waals surface area contributed by atoms with Crippen LogP contribution in [0.15, 0.2) is 36.9 Å². The van der Waals surface area contributed by atoms with Crippen molar-refractivity contribution in [3.63, 3.8) is 0 Å². The van der Waals surface area contributed by atoms with Crippen molar-refractivity contribution in [3.8, 4) is 5.69 Å². The standard InChI is InChI=1S/C22H29N5O2/c1-16-13-26(15-20(16)25-21(28)9-8-17-5-2-3-6-17)22(29)18-11-24-27(14-18)19-7-4-10-23-12-19/h4,7,10-12,14,16-17,20H,2-3,5-6,8-9,13,15H2,1H3,(H,25,28). The zero-order valence-corrected chi connectivity index (χ0v) is 17.0. The first-order valence-electron chi connectivity index (χ1n) is 10.6. The number of carbonyl (C=O) groups excluding carboxylic acids is 2. The summed E-state index contributed by atoms with van der Waals surface area (Å²) in [7, 11) is 0. The fraction of sp³-hybridized carbons (Fsp3) is 0.545. The van der Waals surface area contributed by atoms with Crippen molar-refractivity contribution in [2.75, 3.05) is 13.1 Å². The van der Waals surface area contributed by atoms with Crippen molar-refractivity contribution in [2.24, 2.45) is 11.8 Å². The van der Waals surface area contributed by atoms with E-state index in [1.165, 1.54) is 25.7 Å². The lowest BCUT2D eigenvalue weighted by Gasteiger charge is -2.17. The van der Waals surface area contributed by atoms with Crippen molar-refractivity contribution >= 4 is 11.8 Å². The Balaban J connectivity index is 1.31. The van der Waals surface area contributed by atoms with Crippen LogP contribution in [0.4, 0.5) is 0 Å². The highest BCUT2D eigenvalue weighted by molar-refractivity contribution is 5.94. The smallest absolute Gasteiger partial charge is 0.257 e. The molecule has 29 heavy (non-hydrogen) atoms. The van der Waals surface area contributed by atoms with Gasteiger partial charge < -0.3 is 10.2 Å². The Hall–Kier alpha value is -2.70. The molecule has 1 aliphatic carbocycles. The number of likely N-dealkylation sites (tertiary alicyclic amines) is 1. The minimum Gasteiger partial charge on any atom is -0.351 e. The van der Waals surface area contributed by atoms with Crippen molar-refractivity contribution in [1.29, 1.82) is 0 Å². The predicted molar refractivity (Wildman–Crippen MR) is 110 cm³/mol. The number of hydrogen-bond donors (Lipinski definition) is 1. The monoisotopic (exact) mass is 395 g/mol. The highest BCUT2D eigenvalue weighted by Gasteiger charge is 2.34. The van der Waals surface area contributed by atoms with E-state index in [9.17, 15) is 9.59 Å². The van der Waals surface area contributed by atoms with E-state index in [1.807, 2.05) is 17.0 Å². The van der Waals surface area contributed by atoms with Crippen LogP contribution in [0.2, 0.25) is 0 Å². The second-order valence-corrected chi connectivity index (χ2v) is 8.44. The lowest BCUT2D eigenvalue weighted by Crippen LogP contribution is -2.40. The molecule has 2 aliphatic rings. The molecular formula is C22H29N5O2. The molecule has 7 nitrogen and oxygen atoms in total. The van der Waals surface area contributed by atoms with E-state index >= 15 is 0 Å². The third-order valence-electron chi connectivity index (χ3n) is 6.24. The summed E-state index contributed by atoms with van der Waals surface area (Å²) in [6.07, 6.45) is 13.5. The van der Waals surface area contributed by atoms with Gasteiger partial charge in [0, 0.05) is 31.9 Å². The molecule has 3 heterocycles. The van der Waals surface area contributed by atoms with E-state index in [1.54, 1.807) is 29.5 Å². The van der Waals surface area contributed by atoms with E-state index in [2.05, 4.69) is 22.3 Å². The van der Waals surface area contributed by atoms with Crippen LogP contribution in [0.3, 0.4) is 0 Å². The average Bonchev–Trinajstić information content (AvgIpc) is 3.49. The van der Waals surface area contributed by atoms with E-state index in [0.29, 0.717) is 25.1 Å². The molecule has 2 amide bonds. The van der Waals surface area contributed by atoms with Crippen molar-refractivity contribution < 1.29 is 9.59 Å². The number of rotatable bonds is 6. The third kappa shape index (κ3) is 4.66. The molecule has 1 saturated carbocycles. The summed E-state index contributed by atoms with van der Waals surface area (Å²) in [5, 5.41) is 7.44. The SMILES string of the molecule is CC1CN(C(=O)c2cnn(-c3cccnc3)c2)CC1NC(=O)CCC1CCCC1. The van der Waals surface area contributed by atoms with Crippen LogP contribution >= 0.6 is 0 Å². The van der Waals surface area contributed by atoms with Gasteiger partial charge in [-0.2, -0.15) is 5.10 Å².